The molecule has 0 saturated heterocycles. The second kappa shape index (κ2) is 6.57. The van der Waals surface area contributed by atoms with Gasteiger partial charge in [-0.05, 0) is 48.6 Å². The summed E-state index contributed by atoms with van der Waals surface area (Å²) in [4.78, 5) is 12.5. The fraction of sp³-hybridized carbons (Fsp3) is 0.286. The monoisotopic (exact) mass is 352 g/mol. The molecule has 3 atom stereocenters. The van der Waals surface area contributed by atoms with Crippen LogP contribution >= 0.6 is 11.6 Å². The molecule has 3 unspecified atom stereocenters. The second-order valence-electron chi connectivity index (χ2n) is 6.66. The van der Waals surface area contributed by atoms with Crippen LogP contribution in [0.2, 0.25) is 5.02 Å². The van der Waals surface area contributed by atoms with E-state index in [1.165, 1.54) is 11.1 Å². The van der Waals surface area contributed by atoms with Gasteiger partial charge in [-0.15, -0.1) is 0 Å². The van der Waals surface area contributed by atoms with Crippen molar-refractivity contribution in [2.75, 3.05) is 11.9 Å². The quantitative estimate of drug-likeness (QED) is 0.770. The van der Waals surface area contributed by atoms with Crippen molar-refractivity contribution in [1.82, 2.24) is 5.32 Å². The zero-order valence-corrected chi connectivity index (χ0v) is 14.9. The standard InChI is InChI=1S/C21H21ClN2O/c1-2-23-21(25)18-11-5-10-17-15-8-4-9-16(15)19(24-20(17)18)13-6-3-7-14(22)12-13/h3-8,10-12,15-16,19,24H,2,9H2,1H3,(H,23,25). The minimum Gasteiger partial charge on any atom is -0.377 e. The molecule has 1 amide bonds. The summed E-state index contributed by atoms with van der Waals surface area (Å²) in [5, 5.41) is 7.32. The van der Waals surface area contributed by atoms with Crippen molar-refractivity contribution in [1.29, 1.82) is 0 Å². The number of benzene rings is 2. The van der Waals surface area contributed by atoms with E-state index in [4.69, 9.17) is 11.6 Å². The fourth-order valence-electron chi connectivity index (χ4n) is 4.10. The highest BCUT2D eigenvalue weighted by atomic mass is 35.5. The molecule has 1 aliphatic heterocycles. The summed E-state index contributed by atoms with van der Waals surface area (Å²) in [6.07, 6.45) is 5.56. The number of hydrogen-bond acceptors (Lipinski definition) is 2. The van der Waals surface area contributed by atoms with Gasteiger partial charge in [0, 0.05) is 17.5 Å². The normalized spacial score (nSPS) is 23.5. The first-order valence-electron chi connectivity index (χ1n) is 8.79. The maximum Gasteiger partial charge on any atom is 0.253 e. The highest BCUT2D eigenvalue weighted by Gasteiger charge is 2.39. The molecular weight excluding hydrogens is 332 g/mol. The average Bonchev–Trinajstić information content (AvgIpc) is 3.10. The van der Waals surface area contributed by atoms with Crippen molar-refractivity contribution < 1.29 is 4.79 Å². The number of fused-ring (bicyclic) bond motifs is 3. The van der Waals surface area contributed by atoms with Crippen molar-refractivity contribution in [3.8, 4) is 0 Å². The Hall–Kier alpha value is -2.26. The number of carbonyl (C=O) groups is 1. The van der Waals surface area contributed by atoms with Gasteiger partial charge < -0.3 is 10.6 Å². The van der Waals surface area contributed by atoms with Crippen LogP contribution in [0.1, 0.15) is 46.8 Å². The fourth-order valence-corrected chi connectivity index (χ4v) is 4.30. The van der Waals surface area contributed by atoms with E-state index in [-0.39, 0.29) is 11.9 Å². The molecule has 4 rings (SSSR count). The van der Waals surface area contributed by atoms with Gasteiger partial charge in [-0.2, -0.15) is 0 Å². The molecule has 0 saturated carbocycles. The number of amides is 1. The van der Waals surface area contributed by atoms with E-state index in [1.807, 2.05) is 37.3 Å². The van der Waals surface area contributed by atoms with E-state index < -0.39 is 0 Å². The van der Waals surface area contributed by atoms with Gasteiger partial charge in [0.05, 0.1) is 17.3 Å². The molecule has 2 aromatic carbocycles. The van der Waals surface area contributed by atoms with Gasteiger partial charge in [-0.1, -0.05) is 48.0 Å². The lowest BCUT2D eigenvalue weighted by atomic mass is 9.76. The molecule has 1 heterocycles. The molecule has 0 aromatic heterocycles. The van der Waals surface area contributed by atoms with Gasteiger partial charge >= 0.3 is 0 Å². The molecule has 128 valence electrons. The summed E-state index contributed by atoms with van der Waals surface area (Å²) in [6, 6.07) is 14.2. The van der Waals surface area contributed by atoms with Crippen LogP contribution in [-0.4, -0.2) is 12.5 Å². The Bertz CT molecular complexity index is 846. The molecule has 2 N–H and O–H groups in total. The van der Waals surface area contributed by atoms with Gasteiger partial charge in [0.2, 0.25) is 0 Å². The molecular formula is C21H21ClN2O. The highest BCUT2D eigenvalue weighted by Crippen LogP contribution is 2.50. The lowest BCUT2D eigenvalue weighted by Crippen LogP contribution is -2.32. The topological polar surface area (TPSA) is 41.1 Å². The Labute approximate surface area is 153 Å². The van der Waals surface area contributed by atoms with Crippen LogP contribution in [0.15, 0.2) is 54.6 Å². The maximum atomic E-state index is 12.5. The van der Waals surface area contributed by atoms with Gasteiger partial charge in [-0.3, -0.25) is 4.79 Å². The Morgan fingerprint density at radius 3 is 2.92 bits per heavy atom. The van der Waals surface area contributed by atoms with Crippen LogP contribution in [-0.2, 0) is 0 Å². The van der Waals surface area contributed by atoms with E-state index >= 15 is 0 Å². The van der Waals surface area contributed by atoms with Gasteiger partial charge in [0.25, 0.3) is 5.91 Å². The molecule has 1 aliphatic carbocycles. The van der Waals surface area contributed by atoms with Gasteiger partial charge in [-0.25, -0.2) is 0 Å². The van der Waals surface area contributed by atoms with E-state index in [1.54, 1.807) is 0 Å². The molecule has 0 bridgehead atoms. The number of nitrogens with one attached hydrogen (secondary N) is 2. The zero-order valence-electron chi connectivity index (χ0n) is 14.1. The van der Waals surface area contributed by atoms with Crippen LogP contribution in [0.5, 0.6) is 0 Å². The van der Waals surface area contributed by atoms with Crippen molar-refractivity contribution in [3.63, 3.8) is 0 Å². The molecule has 0 radical (unpaired) electrons. The van der Waals surface area contributed by atoms with Crippen LogP contribution in [0.25, 0.3) is 0 Å². The van der Waals surface area contributed by atoms with Crippen molar-refractivity contribution in [2.45, 2.75) is 25.3 Å². The third kappa shape index (κ3) is 2.83. The van der Waals surface area contributed by atoms with Crippen molar-refractivity contribution >= 4 is 23.2 Å². The third-order valence-electron chi connectivity index (χ3n) is 5.19. The number of hydrogen-bond donors (Lipinski definition) is 2. The summed E-state index contributed by atoms with van der Waals surface area (Å²) in [5.74, 6) is 0.738. The lowest BCUT2D eigenvalue weighted by molar-refractivity contribution is 0.0956. The number of para-hydroxylation sites is 1. The van der Waals surface area contributed by atoms with Crippen LogP contribution in [0, 0.1) is 5.92 Å². The minimum absolute atomic E-state index is 0.0304. The van der Waals surface area contributed by atoms with Crippen LogP contribution < -0.4 is 10.6 Å². The Balaban J connectivity index is 1.80. The molecule has 25 heavy (non-hydrogen) atoms. The summed E-state index contributed by atoms with van der Waals surface area (Å²) < 4.78 is 0. The van der Waals surface area contributed by atoms with Crippen LogP contribution in [0.3, 0.4) is 0 Å². The zero-order chi connectivity index (χ0) is 17.4. The first-order valence-corrected chi connectivity index (χ1v) is 9.16. The Kier molecular flexibility index (Phi) is 4.26. The largest absolute Gasteiger partial charge is 0.377 e. The number of allylic oxidation sites excluding steroid dienone is 2. The lowest BCUT2D eigenvalue weighted by Gasteiger charge is -2.38. The predicted octanol–water partition coefficient (Wildman–Crippen LogP) is 4.92. The first kappa shape index (κ1) is 16.2. The Morgan fingerprint density at radius 2 is 2.12 bits per heavy atom. The number of halogens is 1. The van der Waals surface area contributed by atoms with E-state index in [0.717, 1.165) is 17.1 Å². The Morgan fingerprint density at radius 1 is 1.28 bits per heavy atom. The summed E-state index contributed by atoms with van der Waals surface area (Å²) in [5.41, 5.74) is 4.04. The molecule has 4 heteroatoms. The number of anilines is 1. The second-order valence-corrected chi connectivity index (χ2v) is 7.10. The predicted molar refractivity (Wildman–Crippen MR) is 102 cm³/mol. The average molecular weight is 353 g/mol. The third-order valence-corrected chi connectivity index (χ3v) is 5.42. The number of rotatable bonds is 3. The van der Waals surface area contributed by atoms with E-state index in [9.17, 15) is 4.79 Å². The minimum atomic E-state index is -0.0304. The smallest absolute Gasteiger partial charge is 0.253 e. The summed E-state index contributed by atoms with van der Waals surface area (Å²) >= 11 is 6.22. The summed E-state index contributed by atoms with van der Waals surface area (Å²) in [7, 11) is 0. The maximum absolute atomic E-state index is 12.5. The van der Waals surface area contributed by atoms with Crippen molar-refractivity contribution in [2.24, 2.45) is 5.92 Å². The SMILES string of the molecule is CCNC(=O)c1cccc2c1NC(c1cccc(Cl)c1)C1CC=CC21. The molecule has 3 nitrogen and oxygen atoms in total. The molecule has 0 spiro atoms. The highest BCUT2D eigenvalue weighted by molar-refractivity contribution is 6.30. The molecule has 2 aliphatic rings. The van der Waals surface area contributed by atoms with Gasteiger partial charge in [0.1, 0.15) is 0 Å². The van der Waals surface area contributed by atoms with Crippen LogP contribution in [0.4, 0.5) is 5.69 Å². The molecule has 0 fully saturated rings. The number of carbonyl (C=O) groups excluding carboxylic acids is 1. The van der Waals surface area contributed by atoms with Crippen molar-refractivity contribution in [3.05, 3.63) is 76.3 Å². The molecule has 2 aromatic rings. The first-order chi connectivity index (χ1) is 12.2. The van der Waals surface area contributed by atoms with E-state index in [2.05, 4.69) is 34.9 Å². The van der Waals surface area contributed by atoms with E-state index in [0.29, 0.717) is 23.9 Å². The summed E-state index contributed by atoms with van der Waals surface area (Å²) in [6.45, 7) is 2.55. The van der Waals surface area contributed by atoms with Gasteiger partial charge in [0.15, 0.2) is 0 Å².